The van der Waals surface area contributed by atoms with E-state index in [-0.39, 0.29) is 11.5 Å². The first kappa shape index (κ1) is 21.1. The van der Waals surface area contributed by atoms with Crippen LogP contribution >= 0.6 is 0 Å². The van der Waals surface area contributed by atoms with E-state index in [0.29, 0.717) is 18.0 Å². The Morgan fingerprint density at radius 1 is 1.16 bits per heavy atom. The Morgan fingerprint density at radius 3 is 2.84 bits per heavy atom. The second kappa shape index (κ2) is 9.75. The van der Waals surface area contributed by atoms with Gasteiger partial charge in [-0.3, -0.25) is 14.7 Å². The predicted octanol–water partition coefficient (Wildman–Crippen LogP) is 3.62. The van der Waals surface area contributed by atoms with Crippen molar-refractivity contribution in [2.24, 2.45) is 0 Å². The third-order valence-electron chi connectivity index (χ3n) is 5.51. The topological polar surface area (TPSA) is 80.3 Å². The average Bonchev–Trinajstić information content (AvgIpc) is 2.80. The molecule has 0 saturated carbocycles. The van der Waals surface area contributed by atoms with Crippen molar-refractivity contribution in [1.29, 1.82) is 0 Å². The Labute approximate surface area is 182 Å². The lowest BCUT2D eigenvalue weighted by atomic mass is 9.96. The minimum absolute atomic E-state index is 0.140. The van der Waals surface area contributed by atoms with E-state index >= 15 is 0 Å². The highest BCUT2D eigenvalue weighted by Crippen LogP contribution is 2.30. The van der Waals surface area contributed by atoms with Gasteiger partial charge < -0.3 is 14.5 Å². The molecule has 7 heteroatoms. The maximum Gasteiger partial charge on any atom is 0.251 e. The molecule has 3 heterocycles. The highest BCUT2D eigenvalue weighted by molar-refractivity contribution is 5.52. The number of nitrogens with one attached hydrogen (secondary N) is 1. The molecule has 3 aromatic rings. The van der Waals surface area contributed by atoms with Gasteiger partial charge in [-0.2, -0.15) is 0 Å². The highest BCUT2D eigenvalue weighted by atomic mass is 16.5. The zero-order chi connectivity index (χ0) is 21.6. The van der Waals surface area contributed by atoms with Gasteiger partial charge in [0.05, 0.1) is 25.1 Å². The number of piperidine rings is 1. The van der Waals surface area contributed by atoms with Gasteiger partial charge in [0.2, 0.25) is 0 Å². The molecule has 1 saturated heterocycles. The summed E-state index contributed by atoms with van der Waals surface area (Å²) in [5.41, 5.74) is 2.37. The van der Waals surface area contributed by atoms with E-state index in [4.69, 9.17) is 14.5 Å². The molecular weight excluding hydrogens is 392 g/mol. The molecule has 1 N–H and O–H groups in total. The molecule has 0 unspecified atom stereocenters. The van der Waals surface area contributed by atoms with E-state index in [1.165, 1.54) is 11.6 Å². The first-order valence-electron chi connectivity index (χ1n) is 10.7. The van der Waals surface area contributed by atoms with Gasteiger partial charge in [0, 0.05) is 31.3 Å². The van der Waals surface area contributed by atoms with Gasteiger partial charge in [-0.1, -0.05) is 12.1 Å². The maximum absolute atomic E-state index is 12.3. The first-order valence-corrected chi connectivity index (χ1v) is 10.7. The quantitative estimate of drug-likeness (QED) is 0.629. The van der Waals surface area contributed by atoms with Crippen molar-refractivity contribution in [3.63, 3.8) is 0 Å². The highest BCUT2D eigenvalue weighted by Gasteiger charge is 2.24. The number of hydrogen-bond acceptors (Lipinski definition) is 6. The minimum Gasteiger partial charge on any atom is -0.493 e. The maximum atomic E-state index is 12.3. The summed E-state index contributed by atoms with van der Waals surface area (Å²) in [5.74, 6) is 2.43. The fourth-order valence-electron chi connectivity index (χ4n) is 4.08. The van der Waals surface area contributed by atoms with Crippen molar-refractivity contribution in [1.82, 2.24) is 19.9 Å². The molecule has 0 bridgehead atoms. The van der Waals surface area contributed by atoms with Gasteiger partial charge >= 0.3 is 0 Å². The zero-order valence-electron chi connectivity index (χ0n) is 18.0. The summed E-state index contributed by atoms with van der Waals surface area (Å²) < 4.78 is 11.1. The molecule has 0 aliphatic carbocycles. The van der Waals surface area contributed by atoms with Gasteiger partial charge in [0.1, 0.15) is 5.82 Å². The third-order valence-corrected chi connectivity index (χ3v) is 5.51. The molecule has 1 aromatic carbocycles. The number of aromatic nitrogens is 3. The Balaban J connectivity index is 1.51. The fraction of sp³-hybridized carbons (Fsp3) is 0.375. The number of pyridine rings is 1. The molecule has 1 aliphatic heterocycles. The van der Waals surface area contributed by atoms with Crippen molar-refractivity contribution in [3.05, 3.63) is 70.4 Å². The SMILES string of the molecule is CCOc1cc(CN2CCC[C@@H](c3nc(-c4ccccn4)cc(=O)[nH]3)C2)ccc1OC. The molecule has 1 atom stereocenters. The summed E-state index contributed by atoms with van der Waals surface area (Å²) in [6, 6.07) is 13.2. The lowest BCUT2D eigenvalue weighted by molar-refractivity contribution is 0.196. The molecule has 31 heavy (non-hydrogen) atoms. The molecule has 1 fully saturated rings. The van der Waals surface area contributed by atoms with Crippen LogP contribution < -0.4 is 15.0 Å². The molecule has 0 spiro atoms. The number of benzene rings is 1. The van der Waals surface area contributed by atoms with Crippen LogP contribution in [0.3, 0.4) is 0 Å². The molecule has 0 radical (unpaired) electrons. The van der Waals surface area contributed by atoms with E-state index in [9.17, 15) is 4.79 Å². The number of nitrogens with zero attached hydrogens (tertiary/aromatic N) is 3. The van der Waals surface area contributed by atoms with E-state index < -0.39 is 0 Å². The number of aromatic amines is 1. The predicted molar refractivity (Wildman–Crippen MR) is 120 cm³/mol. The zero-order valence-corrected chi connectivity index (χ0v) is 18.0. The standard InChI is InChI=1S/C24H28N4O3/c1-3-31-22-13-17(9-10-21(22)30-2)15-28-12-6-7-18(16-28)24-26-20(14-23(29)27-24)19-8-4-5-11-25-19/h4-5,8-11,13-14,18H,3,6-7,12,15-16H2,1-2H3,(H,26,27,29)/t18-/m1/s1. The van der Waals surface area contributed by atoms with Crippen LogP contribution in [0.5, 0.6) is 11.5 Å². The molecule has 0 amide bonds. The Morgan fingerprint density at radius 2 is 2.06 bits per heavy atom. The molecule has 1 aliphatic rings. The number of rotatable bonds is 7. The van der Waals surface area contributed by atoms with Crippen LogP contribution in [0.1, 0.15) is 37.1 Å². The number of hydrogen-bond donors (Lipinski definition) is 1. The van der Waals surface area contributed by atoms with Crippen LogP contribution in [0.15, 0.2) is 53.5 Å². The van der Waals surface area contributed by atoms with Crippen molar-refractivity contribution in [2.75, 3.05) is 26.8 Å². The van der Waals surface area contributed by atoms with E-state index in [0.717, 1.165) is 49.8 Å². The Kier molecular flexibility index (Phi) is 6.62. The van der Waals surface area contributed by atoms with Crippen LogP contribution in [-0.2, 0) is 6.54 Å². The van der Waals surface area contributed by atoms with Gasteiger partial charge in [-0.15, -0.1) is 0 Å². The van der Waals surface area contributed by atoms with Crippen molar-refractivity contribution >= 4 is 0 Å². The van der Waals surface area contributed by atoms with Crippen LogP contribution in [-0.4, -0.2) is 46.7 Å². The lowest BCUT2D eigenvalue weighted by Gasteiger charge is -2.32. The first-order chi connectivity index (χ1) is 15.2. The van der Waals surface area contributed by atoms with Crippen LogP contribution in [0.2, 0.25) is 0 Å². The Bertz CT molecular complexity index is 1070. The molecule has 162 valence electrons. The fourth-order valence-corrected chi connectivity index (χ4v) is 4.08. The molecule has 4 rings (SSSR count). The second-order valence-corrected chi connectivity index (χ2v) is 7.72. The summed E-state index contributed by atoms with van der Waals surface area (Å²) in [7, 11) is 1.65. The minimum atomic E-state index is -0.140. The lowest BCUT2D eigenvalue weighted by Crippen LogP contribution is -2.35. The summed E-state index contributed by atoms with van der Waals surface area (Å²) in [6.07, 6.45) is 3.76. The van der Waals surface area contributed by atoms with E-state index in [2.05, 4.69) is 20.9 Å². The van der Waals surface area contributed by atoms with Gasteiger partial charge in [0.15, 0.2) is 11.5 Å². The van der Waals surface area contributed by atoms with Crippen molar-refractivity contribution in [3.8, 4) is 22.9 Å². The van der Waals surface area contributed by atoms with Crippen LogP contribution in [0.25, 0.3) is 11.4 Å². The van der Waals surface area contributed by atoms with Gasteiger partial charge in [-0.05, 0) is 56.1 Å². The smallest absolute Gasteiger partial charge is 0.251 e. The number of H-pyrrole nitrogens is 1. The van der Waals surface area contributed by atoms with Crippen LogP contribution in [0, 0.1) is 0 Å². The average molecular weight is 421 g/mol. The van der Waals surface area contributed by atoms with Crippen molar-refractivity contribution < 1.29 is 9.47 Å². The summed E-state index contributed by atoms with van der Waals surface area (Å²) in [6.45, 7) is 5.22. The Hall–Kier alpha value is -3.19. The number of ether oxygens (including phenoxy) is 2. The summed E-state index contributed by atoms with van der Waals surface area (Å²) >= 11 is 0. The molecule has 2 aromatic heterocycles. The second-order valence-electron chi connectivity index (χ2n) is 7.72. The number of methoxy groups -OCH3 is 1. The van der Waals surface area contributed by atoms with Crippen LogP contribution in [0.4, 0.5) is 0 Å². The molecule has 7 nitrogen and oxygen atoms in total. The van der Waals surface area contributed by atoms with E-state index in [1.54, 1.807) is 13.3 Å². The monoisotopic (exact) mass is 420 g/mol. The summed E-state index contributed by atoms with van der Waals surface area (Å²) in [4.78, 5) is 26.7. The van der Waals surface area contributed by atoms with Crippen molar-refractivity contribution in [2.45, 2.75) is 32.2 Å². The normalized spacial score (nSPS) is 16.8. The largest absolute Gasteiger partial charge is 0.493 e. The third kappa shape index (κ3) is 5.11. The van der Waals surface area contributed by atoms with E-state index in [1.807, 2.05) is 37.3 Å². The van der Waals surface area contributed by atoms with Gasteiger partial charge in [-0.25, -0.2) is 4.98 Å². The van der Waals surface area contributed by atoms with Gasteiger partial charge in [0.25, 0.3) is 5.56 Å². The molecular formula is C24H28N4O3. The number of likely N-dealkylation sites (tertiary alicyclic amines) is 1. The summed E-state index contributed by atoms with van der Waals surface area (Å²) in [5, 5.41) is 0.